The van der Waals surface area contributed by atoms with Gasteiger partial charge in [0.05, 0.1) is 17.5 Å². The van der Waals surface area contributed by atoms with Crippen LogP contribution in [0, 0.1) is 0 Å². The number of hydrogen-bond donors (Lipinski definition) is 2. The van der Waals surface area contributed by atoms with E-state index in [0.717, 1.165) is 12.0 Å². The molecule has 116 valence electrons. The van der Waals surface area contributed by atoms with E-state index < -0.39 is 11.5 Å². The van der Waals surface area contributed by atoms with Crippen LogP contribution in [0.5, 0.6) is 5.75 Å². The molecule has 0 unspecified atom stereocenters. The summed E-state index contributed by atoms with van der Waals surface area (Å²) in [6.07, 6.45) is 4.02. The van der Waals surface area contributed by atoms with Crippen molar-refractivity contribution >= 4 is 29.6 Å². The molecule has 0 aromatic heterocycles. The molecule has 0 spiro atoms. The highest BCUT2D eigenvalue weighted by molar-refractivity contribution is 6.30. The minimum atomic E-state index is -0.897. The molecule has 6 heteroatoms. The summed E-state index contributed by atoms with van der Waals surface area (Å²) >= 11 is 5.95. The molecule has 0 bridgehead atoms. The lowest BCUT2D eigenvalue weighted by Crippen LogP contribution is -2.55. The maximum Gasteiger partial charge on any atom is 0.305 e. The number of ether oxygens (including phenoxy) is 1. The van der Waals surface area contributed by atoms with E-state index in [2.05, 4.69) is 5.32 Å². The van der Waals surface area contributed by atoms with Gasteiger partial charge in [0.1, 0.15) is 12.4 Å². The van der Waals surface area contributed by atoms with Gasteiger partial charge >= 0.3 is 5.97 Å². The van der Waals surface area contributed by atoms with Crippen LogP contribution in [0.2, 0.25) is 5.02 Å². The zero-order chi connectivity index (χ0) is 15.7. The standard InChI is InChI=1S/C16H16ClNO4/c17-12-2-3-13-10(7-12)6-11(9-22-13)15(21)18-16(4-1-5-16)8-14(19)20/h2-3,6-7H,1,4-5,8-9H2,(H,18,21)(H,19,20). The van der Waals surface area contributed by atoms with Crippen molar-refractivity contribution in [2.75, 3.05) is 6.61 Å². The summed E-state index contributed by atoms with van der Waals surface area (Å²) in [5.41, 5.74) is 0.620. The molecule has 0 radical (unpaired) electrons. The fourth-order valence-corrected chi connectivity index (χ4v) is 3.02. The Labute approximate surface area is 132 Å². The van der Waals surface area contributed by atoms with Crippen molar-refractivity contribution in [1.29, 1.82) is 0 Å². The lowest BCUT2D eigenvalue weighted by atomic mass is 9.74. The van der Waals surface area contributed by atoms with E-state index in [-0.39, 0.29) is 18.9 Å². The predicted molar refractivity (Wildman–Crippen MR) is 81.9 cm³/mol. The number of fused-ring (bicyclic) bond motifs is 1. The number of carboxylic acids is 1. The quantitative estimate of drug-likeness (QED) is 0.894. The van der Waals surface area contributed by atoms with E-state index >= 15 is 0 Å². The van der Waals surface area contributed by atoms with Crippen LogP contribution in [-0.4, -0.2) is 29.1 Å². The lowest BCUT2D eigenvalue weighted by molar-refractivity contribution is -0.140. The van der Waals surface area contributed by atoms with Crippen LogP contribution in [-0.2, 0) is 9.59 Å². The first-order valence-corrected chi connectivity index (χ1v) is 7.52. The number of nitrogens with one attached hydrogen (secondary N) is 1. The normalized spacial score (nSPS) is 18.3. The largest absolute Gasteiger partial charge is 0.488 e. The Balaban J connectivity index is 1.77. The first kappa shape index (κ1) is 14.9. The van der Waals surface area contributed by atoms with Gasteiger partial charge < -0.3 is 15.2 Å². The minimum Gasteiger partial charge on any atom is -0.488 e. The third-order valence-corrected chi connectivity index (χ3v) is 4.39. The van der Waals surface area contributed by atoms with Gasteiger partial charge in [-0.3, -0.25) is 9.59 Å². The average molecular weight is 322 g/mol. The van der Waals surface area contributed by atoms with Gasteiger partial charge in [-0.2, -0.15) is 0 Å². The summed E-state index contributed by atoms with van der Waals surface area (Å²) in [5, 5.41) is 12.4. The van der Waals surface area contributed by atoms with Crippen molar-refractivity contribution in [2.45, 2.75) is 31.2 Å². The molecule has 1 aliphatic carbocycles. The SMILES string of the molecule is O=C(O)CC1(NC(=O)C2=Cc3cc(Cl)ccc3OC2)CCC1. The minimum absolute atomic E-state index is 0.0463. The molecular formula is C16H16ClNO4. The number of carbonyl (C=O) groups excluding carboxylic acids is 1. The molecule has 1 heterocycles. The van der Waals surface area contributed by atoms with Crippen LogP contribution < -0.4 is 10.1 Å². The second-order valence-electron chi connectivity index (χ2n) is 5.80. The number of aliphatic carboxylic acids is 1. The highest BCUT2D eigenvalue weighted by Gasteiger charge is 2.41. The van der Waals surface area contributed by atoms with Crippen LogP contribution in [0.3, 0.4) is 0 Å². The number of carboxylic acid groups (broad SMARTS) is 1. The molecule has 0 atom stereocenters. The highest BCUT2D eigenvalue weighted by Crippen LogP contribution is 2.36. The Bertz CT molecular complexity index is 664. The van der Waals surface area contributed by atoms with Crippen LogP contribution >= 0.6 is 11.6 Å². The maximum absolute atomic E-state index is 12.4. The second-order valence-corrected chi connectivity index (χ2v) is 6.24. The zero-order valence-corrected chi connectivity index (χ0v) is 12.7. The monoisotopic (exact) mass is 321 g/mol. The van der Waals surface area contributed by atoms with E-state index in [1.165, 1.54) is 0 Å². The third-order valence-electron chi connectivity index (χ3n) is 4.16. The Morgan fingerprint density at radius 3 is 2.77 bits per heavy atom. The summed E-state index contributed by atoms with van der Waals surface area (Å²) in [4.78, 5) is 23.4. The number of carbonyl (C=O) groups is 2. The van der Waals surface area contributed by atoms with E-state index in [4.69, 9.17) is 21.4 Å². The van der Waals surface area contributed by atoms with Gasteiger partial charge in [0, 0.05) is 10.6 Å². The number of benzene rings is 1. The smallest absolute Gasteiger partial charge is 0.305 e. The Morgan fingerprint density at radius 1 is 1.36 bits per heavy atom. The van der Waals surface area contributed by atoms with Crippen molar-refractivity contribution in [3.05, 3.63) is 34.4 Å². The molecule has 1 aliphatic heterocycles. The first-order chi connectivity index (χ1) is 10.5. The summed E-state index contributed by atoms with van der Waals surface area (Å²) in [6.45, 7) is 0.170. The van der Waals surface area contributed by atoms with Crippen LogP contribution in [0.1, 0.15) is 31.2 Å². The molecule has 0 saturated heterocycles. The third kappa shape index (κ3) is 2.95. The van der Waals surface area contributed by atoms with Gasteiger partial charge in [-0.05, 0) is 43.5 Å². The molecule has 2 N–H and O–H groups in total. The van der Waals surface area contributed by atoms with E-state index in [0.29, 0.717) is 29.2 Å². The van der Waals surface area contributed by atoms with Gasteiger partial charge in [-0.1, -0.05) is 11.6 Å². The molecule has 1 saturated carbocycles. The van der Waals surface area contributed by atoms with Crippen LogP contribution in [0.25, 0.3) is 6.08 Å². The van der Waals surface area contributed by atoms with Gasteiger partial charge in [0.2, 0.25) is 0 Å². The van der Waals surface area contributed by atoms with Gasteiger partial charge in [0.15, 0.2) is 0 Å². The van der Waals surface area contributed by atoms with Crippen molar-refractivity contribution in [3.8, 4) is 5.75 Å². The molecule has 1 fully saturated rings. The van der Waals surface area contributed by atoms with Crippen molar-refractivity contribution in [3.63, 3.8) is 0 Å². The fraction of sp³-hybridized carbons (Fsp3) is 0.375. The topological polar surface area (TPSA) is 75.6 Å². The number of rotatable bonds is 4. The van der Waals surface area contributed by atoms with Crippen molar-refractivity contribution in [2.24, 2.45) is 0 Å². The molecule has 1 amide bonds. The maximum atomic E-state index is 12.4. The molecule has 1 aromatic rings. The van der Waals surface area contributed by atoms with Crippen LogP contribution in [0.4, 0.5) is 0 Å². The Kier molecular flexibility index (Phi) is 3.83. The molecule has 22 heavy (non-hydrogen) atoms. The van der Waals surface area contributed by atoms with Gasteiger partial charge in [-0.25, -0.2) is 0 Å². The number of amides is 1. The summed E-state index contributed by atoms with van der Waals surface area (Å²) < 4.78 is 5.56. The number of hydrogen-bond acceptors (Lipinski definition) is 3. The fourth-order valence-electron chi connectivity index (χ4n) is 2.84. The molecule has 2 aliphatic rings. The van der Waals surface area contributed by atoms with Crippen molar-refractivity contribution < 1.29 is 19.4 Å². The second kappa shape index (κ2) is 5.65. The van der Waals surface area contributed by atoms with Gasteiger partial charge in [-0.15, -0.1) is 0 Å². The Hall–Kier alpha value is -2.01. The molecule has 3 rings (SSSR count). The van der Waals surface area contributed by atoms with Gasteiger partial charge in [0.25, 0.3) is 5.91 Å². The van der Waals surface area contributed by atoms with E-state index in [1.54, 1.807) is 24.3 Å². The first-order valence-electron chi connectivity index (χ1n) is 7.15. The molecule has 5 nitrogen and oxygen atoms in total. The summed E-state index contributed by atoms with van der Waals surface area (Å²) in [6, 6.07) is 5.23. The lowest BCUT2D eigenvalue weighted by Gasteiger charge is -2.41. The molecule has 1 aromatic carbocycles. The average Bonchev–Trinajstić information content (AvgIpc) is 2.43. The predicted octanol–water partition coefficient (Wildman–Crippen LogP) is 2.63. The van der Waals surface area contributed by atoms with Crippen LogP contribution in [0.15, 0.2) is 23.8 Å². The number of halogens is 1. The Morgan fingerprint density at radius 2 is 2.14 bits per heavy atom. The summed E-state index contributed by atoms with van der Waals surface area (Å²) in [7, 11) is 0. The molecular weight excluding hydrogens is 306 g/mol. The van der Waals surface area contributed by atoms with E-state index in [1.807, 2.05) is 0 Å². The highest BCUT2D eigenvalue weighted by atomic mass is 35.5. The van der Waals surface area contributed by atoms with Crippen molar-refractivity contribution in [1.82, 2.24) is 5.32 Å². The zero-order valence-electron chi connectivity index (χ0n) is 11.9. The van der Waals surface area contributed by atoms with E-state index in [9.17, 15) is 9.59 Å². The summed E-state index contributed by atoms with van der Waals surface area (Å²) in [5.74, 6) is -0.484.